The summed E-state index contributed by atoms with van der Waals surface area (Å²) in [5, 5.41) is 2.80. The third-order valence-corrected chi connectivity index (χ3v) is 4.08. The molecule has 0 aliphatic rings. The summed E-state index contributed by atoms with van der Waals surface area (Å²) in [6.45, 7) is 1.59. The number of thioether (sulfide) groups is 1. The Hall–Kier alpha value is -2.27. The number of rotatable bonds is 6. The maximum Gasteiger partial charge on any atom is 0.338 e. The van der Waals surface area contributed by atoms with Crippen LogP contribution >= 0.6 is 11.8 Å². The Kier molecular flexibility index (Phi) is 6.23. The number of esters is 1. The first-order chi connectivity index (χ1) is 11.1. The SMILES string of the molecule is CSc1ccc(C(=O)OCC(=O)N[C@H](C)c2ccccc2)cc1. The lowest BCUT2D eigenvalue weighted by Gasteiger charge is -2.14. The maximum absolute atomic E-state index is 11.9. The molecule has 0 aliphatic heterocycles. The lowest BCUT2D eigenvalue weighted by molar-refractivity contribution is -0.124. The molecule has 120 valence electrons. The second kappa shape index (κ2) is 8.39. The highest BCUT2D eigenvalue weighted by atomic mass is 32.2. The third-order valence-electron chi connectivity index (χ3n) is 3.34. The second-order valence-corrected chi connectivity index (χ2v) is 5.88. The average molecular weight is 329 g/mol. The Labute approximate surface area is 140 Å². The molecule has 1 atom stereocenters. The van der Waals surface area contributed by atoms with E-state index >= 15 is 0 Å². The largest absolute Gasteiger partial charge is 0.452 e. The van der Waals surface area contributed by atoms with Gasteiger partial charge in [0.25, 0.3) is 5.91 Å². The van der Waals surface area contributed by atoms with Gasteiger partial charge in [0.2, 0.25) is 0 Å². The van der Waals surface area contributed by atoms with E-state index in [0.29, 0.717) is 5.56 Å². The van der Waals surface area contributed by atoms with Gasteiger partial charge in [0.15, 0.2) is 6.61 Å². The molecule has 0 unspecified atom stereocenters. The number of carbonyl (C=O) groups is 2. The number of hydrogen-bond donors (Lipinski definition) is 1. The Morgan fingerprint density at radius 1 is 1.09 bits per heavy atom. The Balaban J connectivity index is 1.82. The van der Waals surface area contributed by atoms with Gasteiger partial charge in [0, 0.05) is 4.90 Å². The van der Waals surface area contributed by atoms with Crippen molar-refractivity contribution in [3.05, 3.63) is 65.7 Å². The fourth-order valence-corrected chi connectivity index (χ4v) is 2.46. The van der Waals surface area contributed by atoms with Crippen LogP contribution < -0.4 is 5.32 Å². The minimum Gasteiger partial charge on any atom is -0.452 e. The van der Waals surface area contributed by atoms with Crippen molar-refractivity contribution in [2.45, 2.75) is 17.9 Å². The van der Waals surface area contributed by atoms with Crippen LogP contribution in [0.2, 0.25) is 0 Å². The summed E-state index contributed by atoms with van der Waals surface area (Å²) < 4.78 is 5.04. The minimum atomic E-state index is -0.500. The molecule has 1 N–H and O–H groups in total. The monoisotopic (exact) mass is 329 g/mol. The summed E-state index contributed by atoms with van der Waals surface area (Å²) >= 11 is 1.60. The predicted molar refractivity (Wildman–Crippen MR) is 91.5 cm³/mol. The number of ether oxygens (including phenoxy) is 1. The van der Waals surface area contributed by atoms with Crippen molar-refractivity contribution in [1.82, 2.24) is 5.32 Å². The topological polar surface area (TPSA) is 55.4 Å². The number of hydrogen-bond acceptors (Lipinski definition) is 4. The second-order valence-electron chi connectivity index (χ2n) is 5.00. The molecule has 4 nitrogen and oxygen atoms in total. The number of amides is 1. The molecule has 1 amide bonds. The molecule has 0 heterocycles. The van der Waals surface area contributed by atoms with Gasteiger partial charge >= 0.3 is 5.97 Å². The van der Waals surface area contributed by atoms with Gasteiger partial charge in [-0.1, -0.05) is 30.3 Å². The summed E-state index contributed by atoms with van der Waals surface area (Å²) in [5.41, 5.74) is 1.44. The molecule has 0 fully saturated rings. The van der Waals surface area contributed by atoms with E-state index in [1.807, 2.05) is 55.6 Å². The molecule has 2 rings (SSSR count). The fraction of sp³-hybridized carbons (Fsp3) is 0.222. The van der Waals surface area contributed by atoms with Crippen LogP contribution in [0.15, 0.2) is 59.5 Å². The molecule has 23 heavy (non-hydrogen) atoms. The molecule has 2 aromatic carbocycles. The molecule has 5 heteroatoms. The Morgan fingerprint density at radius 3 is 2.35 bits per heavy atom. The van der Waals surface area contributed by atoms with E-state index in [2.05, 4.69) is 5.32 Å². The van der Waals surface area contributed by atoms with Crippen molar-refractivity contribution in [3.63, 3.8) is 0 Å². The van der Waals surface area contributed by atoms with Gasteiger partial charge in [-0.15, -0.1) is 11.8 Å². The van der Waals surface area contributed by atoms with Gasteiger partial charge in [-0.25, -0.2) is 4.79 Å². The van der Waals surface area contributed by atoms with E-state index in [1.165, 1.54) is 0 Å². The third kappa shape index (κ3) is 5.14. The van der Waals surface area contributed by atoms with E-state index in [9.17, 15) is 9.59 Å². The highest BCUT2D eigenvalue weighted by molar-refractivity contribution is 7.98. The zero-order chi connectivity index (χ0) is 16.7. The number of nitrogens with one attached hydrogen (secondary N) is 1. The van der Waals surface area contributed by atoms with E-state index in [4.69, 9.17) is 4.74 Å². The summed E-state index contributed by atoms with van der Waals surface area (Å²) in [6.07, 6.45) is 1.96. The molecule has 0 bridgehead atoms. The molecule has 0 saturated heterocycles. The van der Waals surface area contributed by atoms with Gasteiger partial charge in [-0.3, -0.25) is 4.79 Å². The normalized spacial score (nSPS) is 11.6. The number of carbonyl (C=O) groups excluding carboxylic acids is 2. The van der Waals surface area contributed by atoms with Gasteiger partial charge < -0.3 is 10.1 Å². The lowest BCUT2D eigenvalue weighted by Crippen LogP contribution is -2.31. The summed E-state index contributed by atoms with van der Waals surface area (Å²) in [6, 6.07) is 16.6. The molecule has 0 spiro atoms. The summed E-state index contributed by atoms with van der Waals surface area (Å²) in [4.78, 5) is 24.8. The predicted octanol–water partition coefficient (Wildman–Crippen LogP) is 3.44. The highest BCUT2D eigenvalue weighted by Crippen LogP contribution is 2.15. The van der Waals surface area contributed by atoms with Crippen molar-refractivity contribution in [1.29, 1.82) is 0 Å². The van der Waals surface area contributed by atoms with Crippen LogP contribution in [0.3, 0.4) is 0 Å². The standard InChI is InChI=1S/C18H19NO3S/c1-13(14-6-4-3-5-7-14)19-17(20)12-22-18(21)15-8-10-16(23-2)11-9-15/h3-11,13H,12H2,1-2H3,(H,19,20)/t13-/m1/s1. The first-order valence-corrected chi connectivity index (χ1v) is 8.48. The van der Waals surface area contributed by atoms with Crippen LogP contribution in [0.4, 0.5) is 0 Å². The van der Waals surface area contributed by atoms with Crippen molar-refractivity contribution >= 4 is 23.6 Å². The van der Waals surface area contributed by atoms with Gasteiger partial charge in [-0.2, -0.15) is 0 Å². The van der Waals surface area contributed by atoms with E-state index < -0.39 is 5.97 Å². The van der Waals surface area contributed by atoms with Crippen molar-refractivity contribution in [2.24, 2.45) is 0 Å². The minimum absolute atomic E-state index is 0.136. The highest BCUT2D eigenvalue weighted by Gasteiger charge is 2.13. The Morgan fingerprint density at radius 2 is 1.74 bits per heavy atom. The molecular formula is C18H19NO3S. The Bertz CT molecular complexity index is 656. The van der Waals surface area contributed by atoms with E-state index in [1.54, 1.807) is 23.9 Å². The summed E-state index contributed by atoms with van der Waals surface area (Å²) in [7, 11) is 0. The van der Waals surface area contributed by atoms with Crippen LogP contribution in [0.1, 0.15) is 28.9 Å². The van der Waals surface area contributed by atoms with Crippen LogP contribution in [0.5, 0.6) is 0 Å². The molecule has 0 saturated carbocycles. The van der Waals surface area contributed by atoms with Crippen LogP contribution in [-0.2, 0) is 9.53 Å². The zero-order valence-electron chi connectivity index (χ0n) is 13.1. The average Bonchev–Trinajstić information content (AvgIpc) is 2.60. The van der Waals surface area contributed by atoms with Gasteiger partial charge in [0.1, 0.15) is 0 Å². The van der Waals surface area contributed by atoms with E-state index in [0.717, 1.165) is 10.5 Å². The lowest BCUT2D eigenvalue weighted by atomic mass is 10.1. The van der Waals surface area contributed by atoms with Crippen molar-refractivity contribution in [3.8, 4) is 0 Å². The first-order valence-electron chi connectivity index (χ1n) is 7.25. The smallest absolute Gasteiger partial charge is 0.338 e. The van der Waals surface area contributed by atoms with Crippen molar-refractivity contribution < 1.29 is 14.3 Å². The van der Waals surface area contributed by atoms with Gasteiger partial charge in [0.05, 0.1) is 11.6 Å². The first kappa shape index (κ1) is 17.1. The van der Waals surface area contributed by atoms with Crippen molar-refractivity contribution in [2.75, 3.05) is 12.9 Å². The quantitative estimate of drug-likeness (QED) is 0.651. The fourth-order valence-electron chi connectivity index (χ4n) is 2.05. The van der Waals surface area contributed by atoms with Crippen LogP contribution in [0.25, 0.3) is 0 Å². The number of benzene rings is 2. The molecule has 2 aromatic rings. The maximum atomic E-state index is 11.9. The molecule has 0 radical (unpaired) electrons. The van der Waals surface area contributed by atoms with Crippen LogP contribution in [-0.4, -0.2) is 24.7 Å². The van der Waals surface area contributed by atoms with Gasteiger partial charge in [-0.05, 0) is 43.0 Å². The van der Waals surface area contributed by atoms with Crippen LogP contribution in [0, 0.1) is 0 Å². The molecule has 0 aliphatic carbocycles. The zero-order valence-corrected chi connectivity index (χ0v) is 13.9. The molecular weight excluding hydrogens is 310 g/mol. The molecule has 0 aromatic heterocycles. The van der Waals surface area contributed by atoms with E-state index in [-0.39, 0.29) is 18.6 Å². The summed E-state index contributed by atoms with van der Waals surface area (Å²) in [5.74, 6) is -0.824.